The van der Waals surface area contributed by atoms with Gasteiger partial charge in [0.15, 0.2) is 6.10 Å². The van der Waals surface area contributed by atoms with E-state index in [2.05, 4.69) is 39.8 Å². The van der Waals surface area contributed by atoms with Crippen LogP contribution in [0, 0.1) is 6.57 Å². The molecular formula is C48H94N2O8P+. The summed E-state index contributed by atoms with van der Waals surface area (Å²) in [5, 5.41) is 0. The topological polar surface area (TPSA) is 102 Å². The monoisotopic (exact) mass is 858 g/mol. The molecule has 0 saturated carbocycles. The largest absolute Gasteiger partial charge is 0.475 e. The Morgan fingerprint density at radius 1 is 0.508 bits per heavy atom. The minimum Gasteiger partial charge on any atom is -0.462 e. The average molecular weight is 858 g/mol. The molecule has 0 radical (unpaired) electrons. The number of unbranched alkanes of at least 4 members (excludes halogenated alkanes) is 28. The number of nitrogens with zero attached hydrogens (tertiary/aromatic N) is 2. The van der Waals surface area contributed by atoms with Crippen LogP contribution in [0.25, 0.3) is 4.85 Å². The van der Waals surface area contributed by atoms with Gasteiger partial charge in [0, 0.05) is 19.3 Å². The summed E-state index contributed by atoms with van der Waals surface area (Å²) in [5.74, 6) is -0.754. The summed E-state index contributed by atoms with van der Waals surface area (Å²) in [7, 11) is 2.11. The van der Waals surface area contributed by atoms with E-state index in [0.29, 0.717) is 12.8 Å². The van der Waals surface area contributed by atoms with E-state index in [-0.39, 0.29) is 45.4 Å². The number of ether oxygens (including phenoxy) is 2. The number of quaternary nitrogens is 1. The molecule has 348 valence electrons. The first-order valence-electron chi connectivity index (χ1n) is 24.6. The highest BCUT2D eigenvalue weighted by Gasteiger charge is 2.30. The summed E-state index contributed by atoms with van der Waals surface area (Å²) >= 11 is 0. The molecule has 2 unspecified atom stereocenters. The van der Waals surface area contributed by atoms with Crippen LogP contribution in [0.5, 0.6) is 0 Å². The molecule has 0 saturated heterocycles. The second kappa shape index (κ2) is 41.8. The quantitative estimate of drug-likeness (QED) is 0.0196. The van der Waals surface area contributed by atoms with E-state index in [1.807, 2.05) is 0 Å². The van der Waals surface area contributed by atoms with Crippen LogP contribution < -0.4 is 0 Å². The van der Waals surface area contributed by atoms with Crippen molar-refractivity contribution in [2.75, 3.05) is 60.7 Å². The van der Waals surface area contributed by atoms with Gasteiger partial charge in [0.1, 0.15) is 13.2 Å². The standard InChI is InChI=1S/C48H94N2O8P/c1-7-9-11-13-15-17-19-21-23-25-27-29-31-33-35-38-47(51)54-44-46(45-57-59(53,56-43-40-49-3)55-42-37-41-50(4,5)6)58-48(52)39-36-34-32-30-28-26-24-22-20-18-16-14-12-10-8-2/h46H,7-45H2,1-2,4-6H3/q+1. The molecule has 59 heavy (non-hydrogen) atoms. The van der Waals surface area contributed by atoms with E-state index in [9.17, 15) is 14.2 Å². The van der Waals surface area contributed by atoms with Crippen molar-refractivity contribution < 1.29 is 41.7 Å². The molecule has 10 nitrogen and oxygen atoms in total. The summed E-state index contributed by atoms with van der Waals surface area (Å²) in [6.07, 6.45) is 37.7. The minimum absolute atomic E-state index is 0.00415. The Labute approximate surface area is 364 Å². The number of phosphoric acid groups is 1. The van der Waals surface area contributed by atoms with Gasteiger partial charge in [-0.05, 0) is 12.8 Å². The number of carbonyl (C=O) groups is 2. The fraction of sp³-hybridized carbons (Fsp3) is 0.938. The van der Waals surface area contributed by atoms with E-state index >= 15 is 0 Å². The number of phosphoric ester groups is 1. The molecule has 11 heteroatoms. The van der Waals surface area contributed by atoms with E-state index in [0.717, 1.165) is 49.6 Å². The Bertz CT molecular complexity index is 1050. The molecule has 0 fully saturated rings. The number of hydrogen-bond donors (Lipinski definition) is 0. The molecule has 0 aromatic carbocycles. The van der Waals surface area contributed by atoms with Gasteiger partial charge in [-0.3, -0.25) is 23.2 Å². The lowest BCUT2D eigenvalue weighted by molar-refractivity contribution is -0.870. The molecule has 0 aliphatic rings. The molecule has 0 amide bonds. The lowest BCUT2D eigenvalue weighted by Gasteiger charge is -2.25. The molecule has 0 aromatic heterocycles. The molecular weight excluding hydrogens is 764 g/mol. The average Bonchev–Trinajstić information content (AvgIpc) is 3.20. The molecule has 0 aromatic rings. The first-order valence-corrected chi connectivity index (χ1v) is 26.0. The predicted octanol–water partition coefficient (Wildman–Crippen LogP) is 14.1. The van der Waals surface area contributed by atoms with Crippen molar-refractivity contribution in [1.82, 2.24) is 0 Å². The van der Waals surface area contributed by atoms with Gasteiger partial charge < -0.3 is 18.8 Å². The summed E-state index contributed by atoms with van der Waals surface area (Å²) in [4.78, 5) is 28.9. The lowest BCUT2D eigenvalue weighted by Crippen LogP contribution is -2.35. The summed E-state index contributed by atoms with van der Waals surface area (Å²) in [5.41, 5.74) is 0. The normalized spacial score (nSPS) is 13.2. The molecule has 0 N–H and O–H groups in total. The maximum absolute atomic E-state index is 13.5. The molecule has 0 heterocycles. The van der Waals surface area contributed by atoms with Crippen molar-refractivity contribution in [3.63, 3.8) is 0 Å². The second-order valence-electron chi connectivity index (χ2n) is 17.9. The van der Waals surface area contributed by atoms with E-state index in [1.165, 1.54) is 154 Å². The summed E-state index contributed by atoms with van der Waals surface area (Å²) in [6, 6.07) is 0. The van der Waals surface area contributed by atoms with Crippen molar-refractivity contribution in [3.8, 4) is 0 Å². The van der Waals surface area contributed by atoms with Crippen LogP contribution in [0.4, 0.5) is 0 Å². The maximum atomic E-state index is 13.5. The van der Waals surface area contributed by atoms with Gasteiger partial charge in [0.25, 0.3) is 0 Å². The number of rotatable bonds is 46. The zero-order chi connectivity index (χ0) is 43.6. The third kappa shape index (κ3) is 43.0. The predicted molar refractivity (Wildman–Crippen MR) is 244 cm³/mol. The van der Waals surface area contributed by atoms with Gasteiger partial charge in [-0.15, -0.1) is 0 Å². The Hall–Kier alpha value is -1.50. The van der Waals surface area contributed by atoms with Crippen LogP contribution in [-0.4, -0.2) is 83.2 Å². The van der Waals surface area contributed by atoms with Gasteiger partial charge in [-0.2, -0.15) is 0 Å². The van der Waals surface area contributed by atoms with Gasteiger partial charge >= 0.3 is 19.8 Å². The molecule has 0 rings (SSSR count). The van der Waals surface area contributed by atoms with Crippen LogP contribution in [0.15, 0.2) is 0 Å². The van der Waals surface area contributed by atoms with Crippen molar-refractivity contribution in [2.45, 2.75) is 232 Å². The molecule has 0 aliphatic carbocycles. The Kier molecular flexibility index (Phi) is 40.8. The highest BCUT2D eigenvalue weighted by molar-refractivity contribution is 7.48. The van der Waals surface area contributed by atoms with Crippen LogP contribution in [0.1, 0.15) is 226 Å². The first kappa shape index (κ1) is 57.5. The van der Waals surface area contributed by atoms with Crippen molar-refractivity contribution in [3.05, 3.63) is 11.4 Å². The number of hydrogen-bond acceptors (Lipinski definition) is 8. The Morgan fingerprint density at radius 2 is 0.881 bits per heavy atom. The van der Waals surface area contributed by atoms with Gasteiger partial charge in [-0.25, -0.2) is 11.1 Å². The number of esters is 2. The van der Waals surface area contributed by atoms with Crippen molar-refractivity contribution in [1.29, 1.82) is 0 Å². The number of carbonyl (C=O) groups excluding carboxylic acids is 2. The van der Waals surface area contributed by atoms with E-state index < -0.39 is 19.9 Å². The van der Waals surface area contributed by atoms with Gasteiger partial charge in [0.2, 0.25) is 6.54 Å². The van der Waals surface area contributed by atoms with E-state index in [4.69, 9.17) is 29.6 Å². The van der Waals surface area contributed by atoms with Crippen LogP contribution in [-0.2, 0) is 37.2 Å². The molecule has 2 atom stereocenters. The molecule has 0 spiro atoms. The van der Waals surface area contributed by atoms with Crippen LogP contribution in [0.2, 0.25) is 0 Å². The SMILES string of the molecule is [C-]#[N+]CCOP(=O)(OCCC[N+](C)(C)C)OCC(COC(=O)CCCCCCCCCCCCCCCCC)OC(=O)CCCCCCCCCCCCCCCCC. The second-order valence-corrected chi connectivity index (χ2v) is 19.5. The van der Waals surface area contributed by atoms with Crippen molar-refractivity contribution in [2.24, 2.45) is 0 Å². The highest BCUT2D eigenvalue weighted by atomic mass is 31.2. The minimum atomic E-state index is -4.06. The lowest BCUT2D eigenvalue weighted by atomic mass is 10.0. The van der Waals surface area contributed by atoms with Gasteiger partial charge in [0.05, 0.1) is 40.9 Å². The smallest absolute Gasteiger partial charge is 0.462 e. The zero-order valence-corrected chi connectivity index (χ0v) is 40.2. The Balaban J connectivity index is 4.67. The zero-order valence-electron chi connectivity index (χ0n) is 39.3. The van der Waals surface area contributed by atoms with Gasteiger partial charge in [-0.1, -0.05) is 194 Å². The van der Waals surface area contributed by atoms with Crippen molar-refractivity contribution >= 4 is 19.8 Å². The third-order valence-electron chi connectivity index (χ3n) is 10.8. The summed E-state index contributed by atoms with van der Waals surface area (Å²) < 4.78 is 42.2. The highest BCUT2D eigenvalue weighted by Crippen LogP contribution is 2.49. The molecule has 0 bridgehead atoms. The molecule has 0 aliphatic heterocycles. The summed E-state index contributed by atoms with van der Waals surface area (Å²) in [6.45, 7) is 11.9. The first-order chi connectivity index (χ1) is 28.5. The third-order valence-corrected chi connectivity index (χ3v) is 12.3. The fourth-order valence-corrected chi connectivity index (χ4v) is 8.33. The maximum Gasteiger partial charge on any atom is 0.475 e. The van der Waals surface area contributed by atoms with Crippen LogP contribution in [0.3, 0.4) is 0 Å². The Morgan fingerprint density at radius 3 is 1.27 bits per heavy atom. The van der Waals surface area contributed by atoms with E-state index in [1.54, 1.807) is 0 Å². The van der Waals surface area contributed by atoms with Crippen LogP contribution >= 0.6 is 7.82 Å². The fourth-order valence-electron chi connectivity index (χ4n) is 7.10.